The summed E-state index contributed by atoms with van der Waals surface area (Å²) in [7, 11) is 0. The molecule has 1 aromatic rings. The summed E-state index contributed by atoms with van der Waals surface area (Å²) in [6, 6.07) is 5.08. The molecule has 0 bridgehead atoms. The van der Waals surface area contributed by atoms with Gasteiger partial charge in [0.1, 0.15) is 0 Å². The Balaban J connectivity index is 2.55. The van der Waals surface area contributed by atoms with Gasteiger partial charge in [-0.2, -0.15) is 0 Å². The highest BCUT2D eigenvalue weighted by molar-refractivity contribution is 9.10. The van der Waals surface area contributed by atoms with Crippen molar-refractivity contribution in [3.05, 3.63) is 34.3 Å². The van der Waals surface area contributed by atoms with E-state index in [1.165, 1.54) is 6.92 Å². The summed E-state index contributed by atoms with van der Waals surface area (Å²) in [5.41, 5.74) is 1.17. The fraction of sp³-hybridized carbons (Fsp3) is 0.214. The zero-order valence-electron chi connectivity index (χ0n) is 11.0. The second-order valence-electron chi connectivity index (χ2n) is 4.13. The van der Waals surface area contributed by atoms with Crippen molar-refractivity contribution in [2.45, 2.75) is 13.8 Å². The fourth-order valence-corrected chi connectivity index (χ4v) is 2.38. The predicted octanol–water partition coefficient (Wildman–Crippen LogP) is 2.29. The van der Waals surface area contributed by atoms with Crippen LogP contribution in [0, 0.1) is 0 Å². The van der Waals surface area contributed by atoms with Gasteiger partial charge in [0.25, 0.3) is 5.91 Å². The van der Waals surface area contributed by atoms with Crippen LogP contribution in [0.25, 0.3) is 5.57 Å². The summed E-state index contributed by atoms with van der Waals surface area (Å²) in [6.07, 6.45) is 1.13. The smallest absolute Gasteiger partial charge is 0.331 e. The van der Waals surface area contributed by atoms with Gasteiger partial charge in [0.15, 0.2) is 0 Å². The first kappa shape index (κ1) is 14.5. The van der Waals surface area contributed by atoms with Crippen LogP contribution in [0.3, 0.4) is 0 Å². The molecule has 20 heavy (non-hydrogen) atoms. The molecule has 0 atom stereocenters. The van der Waals surface area contributed by atoms with Crippen molar-refractivity contribution < 1.29 is 19.1 Å². The first-order chi connectivity index (χ1) is 9.45. The Morgan fingerprint density at radius 2 is 2.10 bits per heavy atom. The van der Waals surface area contributed by atoms with Crippen LogP contribution in [0.4, 0.5) is 5.69 Å². The van der Waals surface area contributed by atoms with Crippen LogP contribution in [0.1, 0.15) is 19.4 Å². The summed E-state index contributed by atoms with van der Waals surface area (Å²) in [5.74, 6) is -1.52. The fourth-order valence-electron chi connectivity index (χ4n) is 2.02. The quantitative estimate of drug-likeness (QED) is 0.613. The van der Waals surface area contributed by atoms with Crippen molar-refractivity contribution in [1.29, 1.82) is 0 Å². The van der Waals surface area contributed by atoms with Crippen molar-refractivity contribution >= 4 is 45.0 Å². The van der Waals surface area contributed by atoms with E-state index in [2.05, 4.69) is 15.9 Å². The molecule has 0 aliphatic carbocycles. The monoisotopic (exact) mass is 337 g/mol. The Bertz CT molecular complexity index is 636. The van der Waals surface area contributed by atoms with Gasteiger partial charge in [0.05, 0.1) is 17.9 Å². The van der Waals surface area contributed by atoms with Gasteiger partial charge >= 0.3 is 5.97 Å². The van der Waals surface area contributed by atoms with E-state index in [9.17, 15) is 14.4 Å². The zero-order chi connectivity index (χ0) is 14.9. The number of ether oxygens (including phenoxy) is 1. The van der Waals surface area contributed by atoms with Crippen LogP contribution in [-0.4, -0.2) is 24.4 Å². The molecule has 6 heteroatoms. The number of esters is 1. The Morgan fingerprint density at radius 3 is 2.70 bits per heavy atom. The predicted molar refractivity (Wildman–Crippen MR) is 76.9 cm³/mol. The number of imide groups is 1. The summed E-state index contributed by atoms with van der Waals surface area (Å²) in [4.78, 5) is 36.5. The molecule has 0 saturated heterocycles. The number of carbonyl (C=O) groups excluding carboxylic acids is 3. The van der Waals surface area contributed by atoms with Gasteiger partial charge in [-0.3, -0.25) is 9.59 Å². The summed E-state index contributed by atoms with van der Waals surface area (Å²) in [6.45, 7) is 3.20. The molecule has 0 N–H and O–H groups in total. The maximum atomic E-state index is 12.3. The van der Waals surface area contributed by atoms with Crippen LogP contribution < -0.4 is 4.90 Å². The minimum Gasteiger partial charge on any atom is -0.463 e. The number of hydrogen-bond donors (Lipinski definition) is 0. The number of amides is 2. The molecule has 0 unspecified atom stereocenters. The van der Waals surface area contributed by atoms with E-state index in [0.29, 0.717) is 11.3 Å². The van der Waals surface area contributed by atoms with E-state index in [0.717, 1.165) is 15.4 Å². The number of benzene rings is 1. The Morgan fingerprint density at radius 1 is 1.40 bits per heavy atom. The highest BCUT2D eigenvalue weighted by atomic mass is 79.9. The third-order valence-electron chi connectivity index (χ3n) is 2.79. The maximum absolute atomic E-state index is 12.3. The molecule has 104 valence electrons. The lowest BCUT2D eigenvalue weighted by Crippen LogP contribution is -2.31. The standard InChI is InChI=1S/C14H12BrNO4/c1-3-20-13(18)7-11-10-6-9(15)4-5-12(10)16(8(2)17)14(11)19/h4-7H,3H2,1-2H3/b11-7-. The Labute approximate surface area is 124 Å². The van der Waals surface area contributed by atoms with Crippen molar-refractivity contribution in [2.75, 3.05) is 11.5 Å². The van der Waals surface area contributed by atoms with Crippen molar-refractivity contribution in [2.24, 2.45) is 0 Å². The minimum absolute atomic E-state index is 0.162. The first-order valence-corrected chi connectivity index (χ1v) is 6.78. The van der Waals surface area contributed by atoms with Gasteiger partial charge < -0.3 is 4.74 Å². The molecule has 0 fully saturated rings. The molecule has 5 nitrogen and oxygen atoms in total. The van der Waals surface area contributed by atoms with E-state index < -0.39 is 17.8 Å². The maximum Gasteiger partial charge on any atom is 0.331 e. The van der Waals surface area contributed by atoms with Gasteiger partial charge in [0.2, 0.25) is 5.91 Å². The third kappa shape index (κ3) is 2.51. The van der Waals surface area contributed by atoms with Crippen LogP contribution in [-0.2, 0) is 19.1 Å². The second kappa shape index (κ2) is 5.58. The van der Waals surface area contributed by atoms with Crippen LogP contribution in [0.15, 0.2) is 28.7 Å². The topological polar surface area (TPSA) is 63.7 Å². The van der Waals surface area contributed by atoms with Crippen LogP contribution >= 0.6 is 15.9 Å². The normalized spacial score (nSPS) is 15.4. The SMILES string of the molecule is CCOC(=O)/C=C1\C(=O)N(C(C)=O)c2ccc(Br)cc21. The van der Waals surface area contributed by atoms with Gasteiger partial charge in [-0.15, -0.1) is 0 Å². The molecule has 0 aromatic heterocycles. The minimum atomic E-state index is -0.604. The number of nitrogens with zero attached hydrogens (tertiary/aromatic N) is 1. The molecule has 0 spiro atoms. The lowest BCUT2D eigenvalue weighted by atomic mass is 10.1. The number of rotatable bonds is 2. The molecule has 1 aromatic carbocycles. The molecule has 2 rings (SSSR count). The molecule has 0 radical (unpaired) electrons. The summed E-state index contributed by atoms with van der Waals surface area (Å²) in [5, 5.41) is 0. The van der Waals surface area contributed by atoms with Crippen molar-refractivity contribution in [3.63, 3.8) is 0 Å². The molecule has 0 saturated carbocycles. The van der Waals surface area contributed by atoms with E-state index in [4.69, 9.17) is 4.74 Å². The largest absolute Gasteiger partial charge is 0.463 e. The Hall–Kier alpha value is -1.95. The number of halogens is 1. The van der Waals surface area contributed by atoms with Gasteiger partial charge in [-0.05, 0) is 25.1 Å². The van der Waals surface area contributed by atoms with E-state index in [-0.39, 0.29) is 12.2 Å². The first-order valence-electron chi connectivity index (χ1n) is 5.99. The number of carbonyl (C=O) groups is 3. The van der Waals surface area contributed by atoms with Crippen molar-refractivity contribution in [1.82, 2.24) is 0 Å². The van der Waals surface area contributed by atoms with E-state index in [1.54, 1.807) is 25.1 Å². The Kier molecular flexibility index (Phi) is 4.04. The van der Waals surface area contributed by atoms with E-state index >= 15 is 0 Å². The lowest BCUT2D eigenvalue weighted by Gasteiger charge is -2.11. The summed E-state index contributed by atoms with van der Waals surface area (Å²) >= 11 is 3.31. The average Bonchev–Trinajstić information content (AvgIpc) is 2.63. The number of fused-ring (bicyclic) bond motifs is 1. The van der Waals surface area contributed by atoms with Crippen LogP contribution in [0.2, 0.25) is 0 Å². The molecule has 1 aliphatic rings. The number of anilines is 1. The van der Waals surface area contributed by atoms with Crippen molar-refractivity contribution in [3.8, 4) is 0 Å². The molecular formula is C14H12BrNO4. The third-order valence-corrected chi connectivity index (χ3v) is 3.28. The average molecular weight is 338 g/mol. The number of hydrogen-bond acceptors (Lipinski definition) is 4. The lowest BCUT2D eigenvalue weighted by molar-refractivity contribution is -0.137. The van der Waals surface area contributed by atoms with Crippen LogP contribution in [0.5, 0.6) is 0 Å². The zero-order valence-corrected chi connectivity index (χ0v) is 12.6. The van der Waals surface area contributed by atoms with E-state index in [1.807, 2.05) is 0 Å². The highest BCUT2D eigenvalue weighted by Gasteiger charge is 2.35. The molecular weight excluding hydrogens is 326 g/mol. The van der Waals surface area contributed by atoms with Gasteiger partial charge in [0, 0.05) is 23.0 Å². The van der Waals surface area contributed by atoms with Gasteiger partial charge in [-0.1, -0.05) is 15.9 Å². The summed E-state index contributed by atoms with van der Waals surface area (Å²) < 4.78 is 5.56. The van der Waals surface area contributed by atoms with Gasteiger partial charge in [-0.25, -0.2) is 9.69 Å². The molecule has 2 amide bonds. The molecule has 1 heterocycles. The highest BCUT2D eigenvalue weighted by Crippen LogP contribution is 2.38. The second-order valence-corrected chi connectivity index (χ2v) is 5.05. The molecule has 1 aliphatic heterocycles.